The van der Waals surface area contributed by atoms with Crippen molar-refractivity contribution in [2.24, 2.45) is 5.16 Å². The van der Waals surface area contributed by atoms with E-state index in [4.69, 9.17) is 9.62 Å². The molecule has 0 saturated carbocycles. The average molecular weight is 341 g/mol. The molecular weight excluding hydrogens is 332 g/mol. The van der Waals surface area contributed by atoms with Gasteiger partial charge in [0.2, 0.25) is 5.71 Å². The van der Waals surface area contributed by atoms with E-state index in [2.05, 4.69) is 30.8 Å². The van der Waals surface area contributed by atoms with Gasteiger partial charge in [0.05, 0.1) is 7.11 Å². The molecular formula is C12H9BrN2O5. The maximum absolute atomic E-state index is 11.8. The van der Waals surface area contributed by atoms with Gasteiger partial charge >= 0.3 is 11.6 Å². The summed E-state index contributed by atoms with van der Waals surface area (Å²) in [6.07, 6.45) is 0. The summed E-state index contributed by atoms with van der Waals surface area (Å²) < 4.78 is 10.2. The molecule has 0 atom stereocenters. The average Bonchev–Trinajstić information content (AvgIpc) is 2.42. The van der Waals surface area contributed by atoms with Gasteiger partial charge in [0.1, 0.15) is 5.52 Å². The largest absolute Gasteiger partial charge is 0.464 e. The van der Waals surface area contributed by atoms with Crippen LogP contribution < -0.4 is 5.63 Å². The lowest BCUT2D eigenvalue weighted by molar-refractivity contribution is -0.132. The molecule has 0 aliphatic carbocycles. The Hall–Kier alpha value is -2.22. The molecule has 0 saturated heterocycles. The van der Waals surface area contributed by atoms with E-state index in [1.807, 2.05) is 6.92 Å². The summed E-state index contributed by atoms with van der Waals surface area (Å²) in [5.74, 6) is -0.986. The Morgan fingerprint density at radius 2 is 2.20 bits per heavy atom. The highest BCUT2D eigenvalue weighted by atomic mass is 79.9. The first-order chi connectivity index (χ1) is 9.47. The van der Waals surface area contributed by atoms with Gasteiger partial charge in [0.15, 0.2) is 11.3 Å². The van der Waals surface area contributed by atoms with Crippen LogP contribution in [-0.2, 0) is 9.53 Å². The van der Waals surface area contributed by atoms with Crippen LogP contribution in [0.3, 0.4) is 0 Å². The second kappa shape index (κ2) is 5.41. The van der Waals surface area contributed by atoms with E-state index in [1.165, 1.54) is 0 Å². The monoisotopic (exact) mass is 340 g/mol. The first kappa shape index (κ1) is 14.2. The SMILES string of the molecule is COC(=O)/C(=N/O)c1nc2cc(C)c(Br)cc2oc1=O. The van der Waals surface area contributed by atoms with Gasteiger partial charge < -0.3 is 14.4 Å². The minimum atomic E-state index is -0.986. The summed E-state index contributed by atoms with van der Waals surface area (Å²) in [6, 6.07) is 3.26. The lowest BCUT2D eigenvalue weighted by atomic mass is 10.2. The summed E-state index contributed by atoms with van der Waals surface area (Å²) in [5.41, 5.74) is -0.446. The lowest BCUT2D eigenvalue weighted by Gasteiger charge is -2.04. The van der Waals surface area contributed by atoms with E-state index >= 15 is 0 Å². The normalized spacial score (nSPS) is 11.7. The molecule has 2 rings (SSSR count). The number of aromatic nitrogens is 1. The van der Waals surface area contributed by atoms with Gasteiger partial charge in [-0.25, -0.2) is 14.6 Å². The predicted octanol–water partition coefficient (Wildman–Crippen LogP) is 1.61. The molecule has 7 nitrogen and oxygen atoms in total. The van der Waals surface area contributed by atoms with Crippen molar-refractivity contribution in [2.45, 2.75) is 6.92 Å². The second-order valence-corrected chi connectivity index (χ2v) is 4.71. The van der Waals surface area contributed by atoms with E-state index in [9.17, 15) is 9.59 Å². The maximum Gasteiger partial charge on any atom is 0.365 e. The highest BCUT2D eigenvalue weighted by molar-refractivity contribution is 9.10. The van der Waals surface area contributed by atoms with Gasteiger partial charge in [0.25, 0.3) is 0 Å². The minimum Gasteiger partial charge on any atom is -0.464 e. The van der Waals surface area contributed by atoms with Crippen molar-refractivity contribution in [1.29, 1.82) is 0 Å². The van der Waals surface area contributed by atoms with Gasteiger partial charge in [-0.3, -0.25) is 0 Å². The number of carbonyl (C=O) groups is 1. The van der Waals surface area contributed by atoms with Gasteiger partial charge in [-0.1, -0.05) is 21.1 Å². The highest BCUT2D eigenvalue weighted by Gasteiger charge is 2.22. The number of esters is 1. The predicted molar refractivity (Wildman–Crippen MR) is 73.1 cm³/mol. The van der Waals surface area contributed by atoms with Crippen LogP contribution >= 0.6 is 15.9 Å². The number of hydrogen-bond acceptors (Lipinski definition) is 7. The molecule has 0 radical (unpaired) electrons. The Morgan fingerprint density at radius 3 is 2.80 bits per heavy atom. The van der Waals surface area contributed by atoms with Gasteiger partial charge in [-0.2, -0.15) is 0 Å². The third-order valence-corrected chi connectivity index (χ3v) is 3.43. The molecule has 0 spiro atoms. The number of nitrogens with zero attached hydrogens (tertiary/aromatic N) is 2. The van der Waals surface area contributed by atoms with Crippen LogP contribution in [-0.4, -0.2) is 29.0 Å². The number of methoxy groups -OCH3 is 1. The van der Waals surface area contributed by atoms with Crippen LogP contribution in [0.5, 0.6) is 0 Å². The van der Waals surface area contributed by atoms with E-state index in [0.717, 1.165) is 17.1 Å². The van der Waals surface area contributed by atoms with Crippen molar-refractivity contribution in [2.75, 3.05) is 7.11 Å². The first-order valence-electron chi connectivity index (χ1n) is 5.39. The molecule has 0 unspecified atom stereocenters. The van der Waals surface area contributed by atoms with Crippen molar-refractivity contribution in [3.05, 3.63) is 38.3 Å². The number of halogens is 1. The number of hydrogen-bond donors (Lipinski definition) is 1. The number of rotatable bonds is 2. The molecule has 0 aliphatic heterocycles. The van der Waals surface area contributed by atoms with E-state index in [0.29, 0.717) is 5.52 Å². The number of aryl methyl sites for hydroxylation is 1. The molecule has 20 heavy (non-hydrogen) atoms. The van der Waals surface area contributed by atoms with Crippen LogP contribution in [0.4, 0.5) is 0 Å². The fourth-order valence-corrected chi connectivity index (χ4v) is 1.88. The quantitative estimate of drug-likeness (QED) is 0.385. The Balaban J connectivity index is 2.73. The summed E-state index contributed by atoms with van der Waals surface area (Å²) in [4.78, 5) is 27.2. The number of fused-ring (bicyclic) bond motifs is 1. The first-order valence-corrected chi connectivity index (χ1v) is 6.19. The van der Waals surface area contributed by atoms with Crippen LogP contribution in [0.1, 0.15) is 11.3 Å². The van der Waals surface area contributed by atoms with Crippen molar-refractivity contribution < 1.29 is 19.2 Å². The highest BCUT2D eigenvalue weighted by Crippen LogP contribution is 2.22. The molecule has 0 bridgehead atoms. The van der Waals surface area contributed by atoms with Gasteiger partial charge in [0, 0.05) is 4.47 Å². The molecule has 104 valence electrons. The zero-order valence-corrected chi connectivity index (χ0v) is 12.1. The number of carbonyl (C=O) groups excluding carboxylic acids is 1. The third kappa shape index (κ3) is 2.42. The summed E-state index contributed by atoms with van der Waals surface area (Å²) in [5, 5.41) is 11.6. The molecule has 2 aromatic rings. The Labute approximate surface area is 121 Å². The summed E-state index contributed by atoms with van der Waals surface area (Å²) >= 11 is 3.31. The fourth-order valence-electron chi connectivity index (χ4n) is 1.56. The second-order valence-electron chi connectivity index (χ2n) is 3.86. The third-order valence-electron chi connectivity index (χ3n) is 2.57. The molecule has 0 amide bonds. The van der Waals surface area contributed by atoms with E-state index in [1.54, 1.807) is 12.1 Å². The number of oxime groups is 1. The molecule has 0 aliphatic rings. The zero-order chi connectivity index (χ0) is 14.9. The van der Waals surface area contributed by atoms with Gasteiger partial charge in [-0.05, 0) is 24.6 Å². The molecule has 1 aromatic carbocycles. The van der Waals surface area contributed by atoms with Crippen molar-refractivity contribution >= 4 is 38.7 Å². The standard InChI is InChI=1S/C12H9BrN2O5/c1-5-3-7-8(4-6(5)13)20-12(17)9(14-7)10(15-18)11(16)19-2/h3-4,18H,1-2H3/b15-10+. The molecule has 1 heterocycles. The van der Waals surface area contributed by atoms with E-state index in [-0.39, 0.29) is 5.58 Å². The Kier molecular flexibility index (Phi) is 3.84. The maximum atomic E-state index is 11.8. The Bertz CT molecular complexity index is 781. The van der Waals surface area contributed by atoms with Crippen LogP contribution in [0, 0.1) is 6.92 Å². The Morgan fingerprint density at radius 1 is 1.50 bits per heavy atom. The van der Waals surface area contributed by atoms with Crippen LogP contribution in [0.2, 0.25) is 0 Å². The fraction of sp³-hybridized carbons (Fsp3) is 0.167. The zero-order valence-electron chi connectivity index (χ0n) is 10.5. The van der Waals surface area contributed by atoms with Crippen molar-refractivity contribution in [3.8, 4) is 0 Å². The van der Waals surface area contributed by atoms with Gasteiger partial charge in [-0.15, -0.1) is 0 Å². The van der Waals surface area contributed by atoms with Crippen molar-refractivity contribution in [3.63, 3.8) is 0 Å². The van der Waals surface area contributed by atoms with Crippen LogP contribution in [0.15, 0.2) is 31.0 Å². The topological polar surface area (TPSA) is 102 Å². The molecule has 0 fully saturated rings. The van der Waals surface area contributed by atoms with Crippen molar-refractivity contribution in [1.82, 2.24) is 4.98 Å². The smallest absolute Gasteiger partial charge is 0.365 e. The van der Waals surface area contributed by atoms with E-state index < -0.39 is 23.0 Å². The number of ether oxygens (including phenoxy) is 1. The van der Waals surface area contributed by atoms with Crippen LogP contribution in [0.25, 0.3) is 11.1 Å². The lowest BCUT2D eigenvalue weighted by Crippen LogP contribution is -2.25. The molecule has 1 N–H and O–H groups in total. The number of benzene rings is 1. The summed E-state index contributed by atoms with van der Waals surface area (Å²) in [7, 11) is 1.09. The minimum absolute atomic E-state index is 0.249. The molecule has 8 heteroatoms. The molecule has 1 aromatic heterocycles. The summed E-state index contributed by atoms with van der Waals surface area (Å²) in [6.45, 7) is 1.83.